The number of ether oxygens (including phenoxy) is 3. The number of hydrogen-bond donors (Lipinski definition) is 0. The first-order valence-electron chi connectivity index (χ1n) is 13.5. The van der Waals surface area contributed by atoms with Crippen LogP contribution >= 0.6 is 0 Å². The number of aromatic nitrogens is 1. The summed E-state index contributed by atoms with van der Waals surface area (Å²) in [6, 6.07) is 15.3. The molecule has 1 saturated heterocycles. The summed E-state index contributed by atoms with van der Waals surface area (Å²) in [4.78, 5) is 17.8. The number of halogens is 1. The van der Waals surface area contributed by atoms with Gasteiger partial charge in [-0.1, -0.05) is 24.3 Å². The van der Waals surface area contributed by atoms with Gasteiger partial charge in [0.25, 0.3) is 0 Å². The van der Waals surface area contributed by atoms with Crippen LogP contribution in [0.15, 0.2) is 48.5 Å². The minimum Gasteiger partial charge on any atom is -0.460 e. The number of hydrogen-bond acceptors (Lipinski definition) is 5. The van der Waals surface area contributed by atoms with E-state index in [1.54, 1.807) is 6.07 Å². The third-order valence-corrected chi connectivity index (χ3v) is 7.30. The zero-order chi connectivity index (χ0) is 26.8. The minimum atomic E-state index is -0.925. The van der Waals surface area contributed by atoms with Crippen LogP contribution in [0.3, 0.4) is 0 Å². The van der Waals surface area contributed by atoms with Gasteiger partial charge in [-0.2, -0.15) is 0 Å². The SMILES string of the molecule is CC(C)(C)OC(=O)C[C@H]1C[C@@H](c2cc3c(C4CC4)nc4ccccc4c3c3ccc(F)cc23)OC(C)(C)O1. The Kier molecular flexibility index (Phi) is 5.96. The largest absolute Gasteiger partial charge is 0.460 e. The number of nitrogens with zero attached hydrogens (tertiary/aromatic N) is 1. The summed E-state index contributed by atoms with van der Waals surface area (Å²) >= 11 is 0. The molecule has 5 nitrogen and oxygen atoms in total. The highest BCUT2D eigenvalue weighted by Gasteiger charge is 2.39. The number of esters is 1. The van der Waals surface area contributed by atoms with E-state index < -0.39 is 23.6 Å². The van der Waals surface area contributed by atoms with Crippen LogP contribution in [-0.4, -0.2) is 28.4 Å². The Morgan fingerprint density at radius 1 is 1.03 bits per heavy atom. The van der Waals surface area contributed by atoms with Crippen molar-refractivity contribution < 1.29 is 23.4 Å². The zero-order valence-electron chi connectivity index (χ0n) is 22.6. The van der Waals surface area contributed by atoms with Crippen molar-refractivity contribution in [3.8, 4) is 0 Å². The molecule has 0 bridgehead atoms. The summed E-state index contributed by atoms with van der Waals surface area (Å²) in [6.45, 7) is 9.28. The van der Waals surface area contributed by atoms with E-state index in [1.807, 2.05) is 52.8 Å². The van der Waals surface area contributed by atoms with Gasteiger partial charge >= 0.3 is 5.97 Å². The summed E-state index contributed by atoms with van der Waals surface area (Å²) in [7, 11) is 0. The Bertz CT molecular complexity index is 1570. The lowest BCUT2D eigenvalue weighted by Gasteiger charge is -2.41. The molecule has 2 atom stereocenters. The van der Waals surface area contributed by atoms with E-state index in [1.165, 1.54) is 6.07 Å². The first-order chi connectivity index (χ1) is 18.0. The Hall–Kier alpha value is -3.09. The van der Waals surface area contributed by atoms with E-state index in [2.05, 4.69) is 18.2 Å². The number of benzene rings is 3. The lowest BCUT2D eigenvalue weighted by Crippen LogP contribution is -2.42. The first kappa shape index (κ1) is 25.2. The lowest BCUT2D eigenvalue weighted by atomic mass is 9.89. The molecule has 1 aliphatic carbocycles. The van der Waals surface area contributed by atoms with E-state index >= 15 is 0 Å². The number of carbonyl (C=O) groups is 1. The fourth-order valence-electron chi connectivity index (χ4n) is 5.81. The fraction of sp³-hybridized carbons (Fsp3) is 0.438. The molecule has 0 spiro atoms. The molecule has 6 heteroatoms. The van der Waals surface area contributed by atoms with Crippen molar-refractivity contribution in [3.63, 3.8) is 0 Å². The van der Waals surface area contributed by atoms with Crippen LogP contribution in [0.5, 0.6) is 0 Å². The molecular weight excluding hydrogens is 481 g/mol. The molecule has 2 heterocycles. The van der Waals surface area contributed by atoms with Gasteiger partial charge in [-0.25, -0.2) is 4.39 Å². The maximum atomic E-state index is 14.7. The molecule has 3 aromatic carbocycles. The fourth-order valence-corrected chi connectivity index (χ4v) is 5.81. The van der Waals surface area contributed by atoms with Crippen LogP contribution in [0.25, 0.3) is 32.4 Å². The van der Waals surface area contributed by atoms with Crippen LogP contribution in [0.2, 0.25) is 0 Å². The van der Waals surface area contributed by atoms with E-state index in [0.717, 1.165) is 56.5 Å². The number of para-hydroxylation sites is 1. The molecule has 2 aliphatic rings. The van der Waals surface area contributed by atoms with Crippen molar-refractivity contribution in [2.24, 2.45) is 0 Å². The van der Waals surface area contributed by atoms with E-state index in [-0.39, 0.29) is 18.2 Å². The molecule has 0 unspecified atom stereocenters. The quantitative estimate of drug-likeness (QED) is 0.204. The molecule has 0 N–H and O–H groups in total. The maximum Gasteiger partial charge on any atom is 0.308 e. The maximum absolute atomic E-state index is 14.7. The zero-order valence-corrected chi connectivity index (χ0v) is 22.6. The summed E-state index contributed by atoms with van der Waals surface area (Å²) in [5.74, 6) is -1.10. The Morgan fingerprint density at radius 3 is 2.53 bits per heavy atom. The molecule has 198 valence electrons. The molecule has 6 rings (SSSR count). The van der Waals surface area contributed by atoms with Crippen LogP contribution < -0.4 is 0 Å². The van der Waals surface area contributed by atoms with Crippen LogP contribution in [-0.2, 0) is 19.0 Å². The second kappa shape index (κ2) is 8.99. The van der Waals surface area contributed by atoms with E-state index in [4.69, 9.17) is 19.2 Å². The van der Waals surface area contributed by atoms with Gasteiger partial charge in [-0.05, 0) is 88.1 Å². The first-order valence-corrected chi connectivity index (χ1v) is 13.5. The Morgan fingerprint density at radius 2 is 1.79 bits per heavy atom. The van der Waals surface area contributed by atoms with E-state index in [9.17, 15) is 9.18 Å². The third-order valence-electron chi connectivity index (χ3n) is 7.30. The van der Waals surface area contributed by atoms with Crippen molar-refractivity contribution in [2.45, 2.75) is 89.8 Å². The second-order valence-corrected chi connectivity index (χ2v) is 12.1. The Balaban J connectivity index is 1.51. The van der Waals surface area contributed by atoms with Gasteiger partial charge in [0.05, 0.1) is 29.8 Å². The highest BCUT2D eigenvalue weighted by Crippen LogP contribution is 2.48. The van der Waals surface area contributed by atoms with Crippen LogP contribution in [0.4, 0.5) is 4.39 Å². The summed E-state index contributed by atoms with van der Waals surface area (Å²) in [5, 5.41) is 5.06. The van der Waals surface area contributed by atoms with Crippen LogP contribution in [0.1, 0.15) is 83.6 Å². The second-order valence-electron chi connectivity index (χ2n) is 12.1. The monoisotopic (exact) mass is 515 g/mol. The van der Waals surface area contributed by atoms with Crippen molar-refractivity contribution in [2.75, 3.05) is 0 Å². The molecule has 2 fully saturated rings. The molecular formula is C32H34FNO4. The molecule has 1 saturated carbocycles. The standard InChI is InChI=1S/C32H34FNO4/c1-31(2,3)38-28(35)16-20-15-27(37-32(4,5)36-20)24-17-25-29(21-13-12-19(33)14-23(21)24)22-8-6-7-9-26(22)34-30(25)18-10-11-18/h6-9,12-14,17-18,20,27H,10-11,15-16H2,1-5H3/t20-,27+/m1/s1. The van der Waals surface area contributed by atoms with Crippen molar-refractivity contribution >= 4 is 38.4 Å². The van der Waals surface area contributed by atoms with Gasteiger partial charge in [0.1, 0.15) is 11.4 Å². The topological polar surface area (TPSA) is 57.7 Å². The van der Waals surface area contributed by atoms with Gasteiger partial charge in [-0.3, -0.25) is 9.78 Å². The Labute approximate surface area is 222 Å². The van der Waals surface area contributed by atoms with Gasteiger partial charge in [0.2, 0.25) is 0 Å². The summed E-state index contributed by atoms with van der Waals surface area (Å²) < 4.78 is 32.9. The van der Waals surface area contributed by atoms with Gasteiger partial charge in [0, 0.05) is 28.5 Å². The van der Waals surface area contributed by atoms with Crippen molar-refractivity contribution in [1.29, 1.82) is 0 Å². The average Bonchev–Trinajstić information content (AvgIpc) is 3.65. The third kappa shape index (κ3) is 4.87. The van der Waals surface area contributed by atoms with E-state index in [0.29, 0.717) is 12.3 Å². The summed E-state index contributed by atoms with van der Waals surface area (Å²) in [5.41, 5.74) is 2.39. The number of carbonyl (C=O) groups excluding carboxylic acids is 1. The van der Waals surface area contributed by atoms with Gasteiger partial charge in [0.15, 0.2) is 5.79 Å². The highest BCUT2D eigenvalue weighted by molar-refractivity contribution is 6.21. The lowest BCUT2D eigenvalue weighted by molar-refractivity contribution is -0.302. The summed E-state index contributed by atoms with van der Waals surface area (Å²) in [6.07, 6.45) is 2.04. The predicted molar refractivity (Wildman–Crippen MR) is 147 cm³/mol. The smallest absolute Gasteiger partial charge is 0.308 e. The molecule has 0 radical (unpaired) electrons. The van der Waals surface area contributed by atoms with Crippen molar-refractivity contribution in [1.82, 2.24) is 4.98 Å². The number of pyridine rings is 1. The number of fused-ring (bicyclic) bond motifs is 5. The highest BCUT2D eigenvalue weighted by atomic mass is 19.1. The molecule has 4 aromatic rings. The van der Waals surface area contributed by atoms with Crippen molar-refractivity contribution in [3.05, 3.63) is 65.6 Å². The van der Waals surface area contributed by atoms with Gasteiger partial charge < -0.3 is 14.2 Å². The van der Waals surface area contributed by atoms with Crippen LogP contribution in [0, 0.1) is 5.82 Å². The molecule has 1 aliphatic heterocycles. The molecule has 0 amide bonds. The minimum absolute atomic E-state index is 0.125. The molecule has 38 heavy (non-hydrogen) atoms. The van der Waals surface area contributed by atoms with Gasteiger partial charge in [-0.15, -0.1) is 0 Å². The molecule has 1 aromatic heterocycles. The normalized spacial score (nSPS) is 21.7. The number of rotatable bonds is 4. The average molecular weight is 516 g/mol. The predicted octanol–water partition coefficient (Wildman–Crippen LogP) is 7.87.